The summed E-state index contributed by atoms with van der Waals surface area (Å²) in [5, 5.41) is 4.50. The minimum absolute atomic E-state index is 0.141. The first kappa shape index (κ1) is 17.2. The van der Waals surface area contributed by atoms with Crippen LogP contribution in [0, 0.1) is 11.6 Å². The van der Waals surface area contributed by atoms with E-state index in [-0.39, 0.29) is 25.3 Å². The lowest BCUT2D eigenvalue weighted by atomic mass is 10.1. The third kappa shape index (κ3) is 4.24. The number of ether oxygens (including phenoxy) is 2. The summed E-state index contributed by atoms with van der Waals surface area (Å²) in [6, 6.07) is 8.64. The van der Waals surface area contributed by atoms with Crippen LogP contribution in [0.4, 0.5) is 8.78 Å². The summed E-state index contributed by atoms with van der Waals surface area (Å²) >= 11 is 0. The SMILES string of the molecule is C[C@H]([NH2+]CC(=O)NCc1ccc2c(c1)OCO2)c1ccc(F)cc1F. The fourth-order valence-electron chi connectivity index (χ4n) is 2.61. The van der Waals surface area contributed by atoms with Crippen LogP contribution in [0.15, 0.2) is 36.4 Å². The van der Waals surface area contributed by atoms with E-state index in [0.717, 1.165) is 11.6 Å². The molecule has 3 N–H and O–H groups in total. The van der Waals surface area contributed by atoms with E-state index in [1.165, 1.54) is 12.1 Å². The number of carbonyl (C=O) groups excluding carboxylic acids is 1. The molecule has 0 unspecified atom stereocenters. The number of hydrogen-bond acceptors (Lipinski definition) is 3. The predicted octanol–water partition coefficient (Wildman–Crippen LogP) is 1.63. The Balaban J connectivity index is 1.48. The number of nitrogens with two attached hydrogens (primary N) is 1. The Morgan fingerprint density at radius 1 is 1.20 bits per heavy atom. The van der Waals surface area contributed by atoms with Crippen LogP contribution >= 0.6 is 0 Å². The lowest BCUT2D eigenvalue weighted by Gasteiger charge is -2.12. The average molecular weight is 349 g/mol. The Morgan fingerprint density at radius 2 is 2.00 bits per heavy atom. The van der Waals surface area contributed by atoms with Crippen molar-refractivity contribution in [3.8, 4) is 11.5 Å². The van der Waals surface area contributed by atoms with Crippen LogP contribution < -0.4 is 20.1 Å². The molecule has 25 heavy (non-hydrogen) atoms. The number of hydrogen-bond donors (Lipinski definition) is 2. The van der Waals surface area contributed by atoms with Crippen LogP contribution in [0.1, 0.15) is 24.1 Å². The standard InChI is InChI=1S/C18H18F2N2O3/c1-11(14-4-3-13(19)7-15(14)20)21-9-18(23)22-8-12-2-5-16-17(6-12)25-10-24-16/h2-7,11,21H,8-10H2,1H3,(H,22,23)/p+1/t11-/m0/s1. The summed E-state index contributed by atoms with van der Waals surface area (Å²) in [6.07, 6.45) is 0. The number of fused-ring (bicyclic) bond motifs is 1. The molecule has 0 fully saturated rings. The molecule has 0 saturated carbocycles. The van der Waals surface area contributed by atoms with Crippen LogP contribution in [0.2, 0.25) is 0 Å². The zero-order valence-corrected chi connectivity index (χ0v) is 13.7. The van der Waals surface area contributed by atoms with Crippen LogP contribution in [-0.2, 0) is 11.3 Å². The minimum atomic E-state index is -0.616. The minimum Gasteiger partial charge on any atom is -0.454 e. The van der Waals surface area contributed by atoms with Gasteiger partial charge in [0, 0.05) is 18.2 Å². The molecule has 0 bridgehead atoms. The van der Waals surface area contributed by atoms with Gasteiger partial charge in [0.2, 0.25) is 6.79 Å². The van der Waals surface area contributed by atoms with Gasteiger partial charge in [-0.15, -0.1) is 0 Å². The largest absolute Gasteiger partial charge is 0.454 e. The lowest BCUT2D eigenvalue weighted by Crippen LogP contribution is -2.87. The zero-order valence-electron chi connectivity index (χ0n) is 13.7. The van der Waals surface area contributed by atoms with E-state index < -0.39 is 11.6 Å². The first-order valence-electron chi connectivity index (χ1n) is 7.96. The maximum Gasteiger partial charge on any atom is 0.275 e. The Labute approximate surface area is 143 Å². The van der Waals surface area contributed by atoms with Crippen molar-refractivity contribution >= 4 is 5.91 Å². The molecule has 3 rings (SSSR count). The van der Waals surface area contributed by atoms with Gasteiger partial charge in [0.15, 0.2) is 18.0 Å². The Kier molecular flexibility index (Phi) is 5.14. The molecule has 1 amide bonds. The fraction of sp³-hybridized carbons (Fsp3) is 0.278. The topological polar surface area (TPSA) is 64.2 Å². The van der Waals surface area contributed by atoms with E-state index in [1.807, 2.05) is 12.1 Å². The quantitative estimate of drug-likeness (QED) is 0.833. The van der Waals surface area contributed by atoms with Gasteiger partial charge in [0.25, 0.3) is 5.91 Å². The third-order valence-corrected chi connectivity index (χ3v) is 4.04. The molecule has 1 heterocycles. The normalized spacial score (nSPS) is 13.6. The van der Waals surface area contributed by atoms with Gasteiger partial charge in [-0.1, -0.05) is 6.07 Å². The van der Waals surface area contributed by atoms with Crippen molar-refractivity contribution < 1.29 is 28.4 Å². The van der Waals surface area contributed by atoms with Gasteiger partial charge in [-0.3, -0.25) is 4.79 Å². The summed E-state index contributed by atoms with van der Waals surface area (Å²) in [6.45, 7) is 2.48. The first-order chi connectivity index (χ1) is 12.0. The second kappa shape index (κ2) is 7.48. The van der Waals surface area contributed by atoms with E-state index in [0.29, 0.717) is 23.6 Å². The summed E-state index contributed by atoms with van der Waals surface area (Å²) in [5.41, 5.74) is 1.26. The molecule has 2 aromatic rings. The zero-order chi connectivity index (χ0) is 17.8. The van der Waals surface area contributed by atoms with Crippen LogP contribution in [0.25, 0.3) is 0 Å². The third-order valence-electron chi connectivity index (χ3n) is 4.04. The van der Waals surface area contributed by atoms with Gasteiger partial charge >= 0.3 is 0 Å². The molecule has 132 valence electrons. The second-order valence-corrected chi connectivity index (χ2v) is 5.86. The molecule has 0 aliphatic carbocycles. The van der Waals surface area contributed by atoms with Gasteiger partial charge in [-0.05, 0) is 36.8 Å². The van der Waals surface area contributed by atoms with E-state index in [2.05, 4.69) is 5.32 Å². The number of benzene rings is 2. The number of halogens is 2. The van der Waals surface area contributed by atoms with Crippen molar-refractivity contribution in [2.24, 2.45) is 0 Å². The van der Waals surface area contributed by atoms with Crippen LogP contribution in [0.3, 0.4) is 0 Å². The Bertz CT molecular complexity index is 783. The highest BCUT2D eigenvalue weighted by Crippen LogP contribution is 2.32. The van der Waals surface area contributed by atoms with Gasteiger partial charge in [0.1, 0.15) is 17.7 Å². The number of carbonyl (C=O) groups is 1. The van der Waals surface area contributed by atoms with Crippen molar-refractivity contribution in [1.82, 2.24) is 5.32 Å². The summed E-state index contributed by atoms with van der Waals surface area (Å²) < 4.78 is 37.2. The number of rotatable bonds is 6. The predicted molar refractivity (Wildman–Crippen MR) is 86.0 cm³/mol. The summed E-state index contributed by atoms with van der Waals surface area (Å²) in [4.78, 5) is 12.0. The van der Waals surface area contributed by atoms with E-state index >= 15 is 0 Å². The molecule has 1 aliphatic heterocycles. The Morgan fingerprint density at radius 3 is 2.80 bits per heavy atom. The first-order valence-corrected chi connectivity index (χ1v) is 7.96. The highest BCUT2D eigenvalue weighted by Gasteiger charge is 2.17. The summed E-state index contributed by atoms with van der Waals surface area (Å²) in [5.74, 6) is -0.0382. The molecule has 0 spiro atoms. The molecular formula is C18H19F2N2O3+. The molecule has 0 saturated heterocycles. The van der Waals surface area contributed by atoms with Crippen LogP contribution in [0.5, 0.6) is 11.5 Å². The van der Waals surface area contributed by atoms with Gasteiger partial charge in [0.05, 0.1) is 0 Å². The van der Waals surface area contributed by atoms with E-state index in [9.17, 15) is 13.6 Å². The number of quaternary nitrogens is 1. The molecular weight excluding hydrogens is 330 g/mol. The second-order valence-electron chi connectivity index (χ2n) is 5.86. The van der Waals surface area contributed by atoms with Gasteiger partial charge < -0.3 is 20.1 Å². The van der Waals surface area contributed by atoms with Crippen molar-refractivity contribution in [3.05, 3.63) is 59.2 Å². The molecule has 1 atom stereocenters. The summed E-state index contributed by atoms with van der Waals surface area (Å²) in [7, 11) is 0. The van der Waals surface area contributed by atoms with E-state index in [4.69, 9.17) is 9.47 Å². The maximum atomic E-state index is 13.7. The monoisotopic (exact) mass is 349 g/mol. The fourth-order valence-corrected chi connectivity index (χ4v) is 2.61. The van der Waals surface area contributed by atoms with Crippen molar-refractivity contribution in [2.75, 3.05) is 13.3 Å². The number of amides is 1. The van der Waals surface area contributed by atoms with E-state index in [1.54, 1.807) is 18.3 Å². The van der Waals surface area contributed by atoms with Gasteiger partial charge in [-0.2, -0.15) is 0 Å². The highest BCUT2D eigenvalue weighted by molar-refractivity contribution is 5.76. The van der Waals surface area contributed by atoms with Crippen LogP contribution in [-0.4, -0.2) is 19.2 Å². The van der Waals surface area contributed by atoms with Crippen molar-refractivity contribution in [2.45, 2.75) is 19.5 Å². The molecule has 5 nitrogen and oxygen atoms in total. The Hall–Kier alpha value is -2.67. The lowest BCUT2D eigenvalue weighted by molar-refractivity contribution is -0.682. The number of nitrogens with one attached hydrogen (secondary N) is 1. The molecule has 0 aromatic heterocycles. The molecule has 0 radical (unpaired) electrons. The molecule has 7 heteroatoms. The van der Waals surface area contributed by atoms with Gasteiger partial charge in [-0.25, -0.2) is 8.78 Å². The highest BCUT2D eigenvalue weighted by atomic mass is 19.1. The van der Waals surface area contributed by atoms with Crippen molar-refractivity contribution in [3.63, 3.8) is 0 Å². The molecule has 1 aliphatic rings. The average Bonchev–Trinajstić information content (AvgIpc) is 3.05. The maximum absolute atomic E-state index is 13.7. The smallest absolute Gasteiger partial charge is 0.275 e. The molecule has 2 aromatic carbocycles. The van der Waals surface area contributed by atoms with Crippen molar-refractivity contribution in [1.29, 1.82) is 0 Å².